The van der Waals surface area contributed by atoms with Gasteiger partial charge in [-0.2, -0.15) is 11.8 Å². The molecule has 0 spiro atoms. The molecule has 1 saturated heterocycles. The van der Waals surface area contributed by atoms with Crippen LogP contribution in [0.4, 0.5) is 0 Å². The number of likely N-dealkylation sites (tertiary alicyclic amines) is 1. The van der Waals surface area contributed by atoms with E-state index in [0.717, 1.165) is 18.5 Å². The van der Waals surface area contributed by atoms with Crippen molar-refractivity contribution >= 4 is 29.2 Å². The normalized spacial score (nSPS) is 29.9. The molecule has 1 N–H and O–H groups in total. The molecule has 3 nitrogen and oxygen atoms in total. The van der Waals surface area contributed by atoms with Gasteiger partial charge in [-0.1, -0.05) is 13.0 Å². The summed E-state index contributed by atoms with van der Waals surface area (Å²) in [4.78, 5) is 18.8. The zero-order valence-corrected chi connectivity index (χ0v) is 14.9. The van der Waals surface area contributed by atoms with E-state index in [1.54, 1.807) is 0 Å². The number of thioether (sulfide) groups is 1. The summed E-state index contributed by atoms with van der Waals surface area (Å²) in [6.07, 6.45) is 10.5. The standard InChI is InChI=1S/C19H26N2OS/c1-3-6-21-10-12(11-23-2)7-14-16(21)8-13-9-20-15-4-5-17(22)19(14)18(13)15/h4,9,12,14,16,20H,3,5-8,10-11H2,1-2H3/t12-,14+,16-/m1/s1. The van der Waals surface area contributed by atoms with E-state index in [2.05, 4.69) is 35.3 Å². The molecule has 1 fully saturated rings. The summed E-state index contributed by atoms with van der Waals surface area (Å²) in [5.74, 6) is 2.74. The van der Waals surface area contributed by atoms with Gasteiger partial charge in [-0.05, 0) is 49.3 Å². The lowest BCUT2D eigenvalue weighted by Crippen LogP contribution is -2.56. The van der Waals surface area contributed by atoms with Gasteiger partial charge in [0.2, 0.25) is 0 Å². The summed E-state index contributed by atoms with van der Waals surface area (Å²) >= 11 is 1.95. The molecule has 124 valence electrons. The SMILES string of the molecule is CCCN1C[C@H](CSC)C[C@@H]2C3=c4c(c[nH]c4=CCC3=O)C[C@H]21. The minimum Gasteiger partial charge on any atom is -0.361 e. The number of hydrogen-bond acceptors (Lipinski definition) is 3. The lowest BCUT2D eigenvalue weighted by molar-refractivity contribution is -0.113. The van der Waals surface area contributed by atoms with Gasteiger partial charge < -0.3 is 4.98 Å². The highest BCUT2D eigenvalue weighted by atomic mass is 32.2. The van der Waals surface area contributed by atoms with Crippen molar-refractivity contribution in [3.8, 4) is 0 Å². The van der Waals surface area contributed by atoms with E-state index in [4.69, 9.17) is 0 Å². The Hall–Kier alpha value is -1.00. The van der Waals surface area contributed by atoms with Gasteiger partial charge in [0.05, 0.1) is 0 Å². The second kappa shape index (κ2) is 6.14. The average Bonchev–Trinajstić information content (AvgIpc) is 2.95. The maximum absolute atomic E-state index is 12.8. The second-order valence-corrected chi connectivity index (χ2v) is 8.19. The van der Waals surface area contributed by atoms with E-state index < -0.39 is 0 Å². The number of ketones is 1. The molecule has 0 amide bonds. The van der Waals surface area contributed by atoms with Crippen molar-refractivity contribution in [1.29, 1.82) is 0 Å². The van der Waals surface area contributed by atoms with Crippen molar-refractivity contribution in [2.45, 2.75) is 38.6 Å². The summed E-state index contributed by atoms with van der Waals surface area (Å²) in [5, 5.41) is 2.46. The van der Waals surface area contributed by atoms with Crippen molar-refractivity contribution in [2.75, 3.05) is 25.1 Å². The average molecular weight is 330 g/mol. The molecule has 3 atom stereocenters. The smallest absolute Gasteiger partial charge is 0.163 e. The Morgan fingerprint density at radius 2 is 2.30 bits per heavy atom. The molecule has 3 aliphatic rings. The highest BCUT2D eigenvalue weighted by Gasteiger charge is 2.42. The Bertz CT molecular complexity index is 735. The number of nitrogens with zero attached hydrogens (tertiary/aromatic N) is 1. The number of nitrogens with one attached hydrogen (secondary N) is 1. The zero-order chi connectivity index (χ0) is 16.0. The van der Waals surface area contributed by atoms with Crippen molar-refractivity contribution < 1.29 is 4.79 Å². The maximum atomic E-state index is 12.8. The van der Waals surface area contributed by atoms with Gasteiger partial charge in [0.25, 0.3) is 0 Å². The fraction of sp³-hybridized carbons (Fsp3) is 0.632. The van der Waals surface area contributed by atoms with Crippen molar-refractivity contribution in [2.24, 2.45) is 11.8 Å². The molecule has 0 unspecified atom stereocenters. The van der Waals surface area contributed by atoms with Gasteiger partial charge in [-0.3, -0.25) is 9.69 Å². The number of hydrogen-bond donors (Lipinski definition) is 1. The Labute approximate surface area is 142 Å². The van der Waals surface area contributed by atoms with Crippen LogP contribution in [-0.4, -0.2) is 46.8 Å². The van der Waals surface area contributed by atoms with Crippen LogP contribution in [0.2, 0.25) is 0 Å². The van der Waals surface area contributed by atoms with Crippen LogP contribution >= 0.6 is 11.8 Å². The molecule has 0 saturated carbocycles. The lowest BCUT2D eigenvalue weighted by Gasteiger charge is -2.47. The first kappa shape index (κ1) is 15.5. The molecular formula is C19H26N2OS. The molecule has 0 aromatic carbocycles. The minimum atomic E-state index is 0.370. The van der Waals surface area contributed by atoms with Crippen LogP contribution < -0.4 is 10.6 Å². The topological polar surface area (TPSA) is 36.1 Å². The Balaban J connectivity index is 1.80. The second-order valence-electron chi connectivity index (χ2n) is 7.28. The number of rotatable bonds is 4. The fourth-order valence-electron chi connectivity index (χ4n) is 4.98. The van der Waals surface area contributed by atoms with E-state index >= 15 is 0 Å². The first-order valence-electron chi connectivity index (χ1n) is 8.89. The van der Waals surface area contributed by atoms with Crippen LogP contribution in [0, 0.1) is 11.8 Å². The molecule has 0 bridgehead atoms. The number of aromatic nitrogens is 1. The molecule has 23 heavy (non-hydrogen) atoms. The number of carbonyl (C=O) groups excluding carboxylic acids is 1. The highest BCUT2D eigenvalue weighted by Crippen LogP contribution is 2.38. The Morgan fingerprint density at radius 1 is 1.43 bits per heavy atom. The minimum absolute atomic E-state index is 0.370. The Morgan fingerprint density at radius 3 is 3.09 bits per heavy atom. The van der Waals surface area contributed by atoms with Crippen LogP contribution in [0.5, 0.6) is 0 Å². The molecule has 4 heteroatoms. The molecule has 1 aromatic heterocycles. The third kappa shape index (κ3) is 2.51. The van der Waals surface area contributed by atoms with Gasteiger partial charge in [-0.15, -0.1) is 0 Å². The van der Waals surface area contributed by atoms with Gasteiger partial charge >= 0.3 is 0 Å². The quantitative estimate of drug-likeness (QED) is 0.910. The Kier molecular flexibility index (Phi) is 4.14. The van der Waals surface area contributed by atoms with Crippen LogP contribution in [0.1, 0.15) is 31.7 Å². The predicted octanol–water partition coefficient (Wildman–Crippen LogP) is 1.55. The first-order valence-corrected chi connectivity index (χ1v) is 10.3. The van der Waals surface area contributed by atoms with Crippen LogP contribution in [0.25, 0.3) is 11.6 Å². The van der Waals surface area contributed by atoms with Gasteiger partial charge in [0, 0.05) is 47.3 Å². The first-order chi connectivity index (χ1) is 11.2. The van der Waals surface area contributed by atoms with Crippen LogP contribution in [0.3, 0.4) is 0 Å². The summed E-state index contributed by atoms with van der Waals surface area (Å²) < 4.78 is 0. The zero-order valence-electron chi connectivity index (χ0n) is 14.1. The van der Waals surface area contributed by atoms with Crippen molar-refractivity contribution in [1.82, 2.24) is 9.88 Å². The number of H-pyrrole nitrogens is 1. The van der Waals surface area contributed by atoms with Crippen LogP contribution in [0.15, 0.2) is 6.20 Å². The number of aromatic amines is 1. The van der Waals surface area contributed by atoms with E-state index in [1.807, 2.05) is 11.8 Å². The summed E-state index contributed by atoms with van der Waals surface area (Å²) in [6.45, 7) is 4.63. The van der Waals surface area contributed by atoms with Gasteiger partial charge in [-0.25, -0.2) is 0 Å². The number of fused-ring (bicyclic) bond motifs is 2. The summed E-state index contributed by atoms with van der Waals surface area (Å²) in [6, 6.07) is 0.529. The number of Topliss-reactive ketones (excluding diaryl/α,β-unsaturated/α-hetero) is 1. The molecule has 2 aliphatic carbocycles. The van der Waals surface area contributed by atoms with E-state index in [-0.39, 0.29) is 0 Å². The highest BCUT2D eigenvalue weighted by molar-refractivity contribution is 7.98. The van der Waals surface area contributed by atoms with E-state index in [9.17, 15) is 4.79 Å². The monoisotopic (exact) mass is 330 g/mol. The molecular weight excluding hydrogens is 304 g/mol. The lowest BCUT2D eigenvalue weighted by atomic mass is 9.71. The fourth-order valence-corrected chi connectivity index (χ4v) is 5.69. The molecule has 1 aliphatic heterocycles. The number of piperidine rings is 1. The molecule has 2 heterocycles. The number of carbonyl (C=O) groups is 1. The van der Waals surface area contributed by atoms with E-state index in [0.29, 0.717) is 30.1 Å². The summed E-state index contributed by atoms with van der Waals surface area (Å²) in [7, 11) is 0. The largest absolute Gasteiger partial charge is 0.361 e. The molecule has 0 radical (unpaired) electrons. The summed E-state index contributed by atoms with van der Waals surface area (Å²) in [5.41, 5.74) is 2.52. The third-order valence-electron chi connectivity index (χ3n) is 5.78. The van der Waals surface area contributed by atoms with E-state index in [1.165, 1.54) is 41.3 Å². The maximum Gasteiger partial charge on any atom is 0.163 e. The van der Waals surface area contributed by atoms with Crippen molar-refractivity contribution in [3.63, 3.8) is 0 Å². The molecule has 4 rings (SSSR count). The third-order valence-corrected chi connectivity index (χ3v) is 6.58. The van der Waals surface area contributed by atoms with Gasteiger partial charge in [0.15, 0.2) is 5.78 Å². The predicted molar refractivity (Wildman–Crippen MR) is 96.9 cm³/mol. The van der Waals surface area contributed by atoms with Crippen molar-refractivity contribution in [3.05, 3.63) is 22.3 Å². The van der Waals surface area contributed by atoms with Gasteiger partial charge in [0.1, 0.15) is 0 Å². The van der Waals surface area contributed by atoms with Crippen LogP contribution in [-0.2, 0) is 11.2 Å². The molecule has 1 aromatic rings.